The van der Waals surface area contributed by atoms with Crippen molar-refractivity contribution in [2.75, 3.05) is 6.54 Å². The molecule has 144 valence electrons. The molecule has 1 aliphatic heterocycles. The number of nitrogens with zero attached hydrogens (tertiary/aromatic N) is 2. The van der Waals surface area contributed by atoms with Crippen molar-refractivity contribution in [1.82, 2.24) is 14.6 Å². The van der Waals surface area contributed by atoms with Crippen molar-refractivity contribution in [3.8, 4) is 0 Å². The van der Waals surface area contributed by atoms with Crippen molar-refractivity contribution in [2.45, 2.75) is 30.3 Å². The molecule has 1 amide bonds. The molecule has 0 spiro atoms. The molecule has 1 aromatic heterocycles. The first-order valence-corrected chi connectivity index (χ1v) is 9.55. The molecule has 1 saturated heterocycles. The maximum atomic E-state index is 14.1. The van der Waals surface area contributed by atoms with Gasteiger partial charge in [-0.3, -0.25) is 9.78 Å². The zero-order valence-corrected chi connectivity index (χ0v) is 14.8. The lowest BCUT2D eigenvalue weighted by Gasteiger charge is -2.25. The number of nitrogens with one attached hydrogen (secondary N) is 1. The van der Waals surface area contributed by atoms with E-state index in [2.05, 4.69) is 10.3 Å². The van der Waals surface area contributed by atoms with Gasteiger partial charge in [-0.15, -0.1) is 0 Å². The van der Waals surface area contributed by atoms with Crippen LogP contribution >= 0.6 is 0 Å². The highest BCUT2D eigenvalue weighted by molar-refractivity contribution is 7.89. The number of hydrogen-bond acceptors (Lipinski definition) is 4. The molecule has 0 radical (unpaired) electrons. The monoisotopic (exact) mass is 399 g/mol. The molecule has 27 heavy (non-hydrogen) atoms. The van der Waals surface area contributed by atoms with Gasteiger partial charge in [0, 0.05) is 37.9 Å². The first-order valence-electron chi connectivity index (χ1n) is 8.11. The maximum absolute atomic E-state index is 14.1. The van der Waals surface area contributed by atoms with Crippen molar-refractivity contribution < 1.29 is 26.4 Å². The Morgan fingerprint density at radius 3 is 2.59 bits per heavy atom. The minimum Gasteiger partial charge on any atom is -0.352 e. The summed E-state index contributed by atoms with van der Waals surface area (Å²) in [4.78, 5) is 14.4. The first-order chi connectivity index (χ1) is 12.8. The van der Waals surface area contributed by atoms with E-state index < -0.39 is 38.4 Å². The van der Waals surface area contributed by atoms with Gasteiger partial charge >= 0.3 is 0 Å². The van der Waals surface area contributed by atoms with Crippen molar-refractivity contribution in [1.29, 1.82) is 0 Å². The fourth-order valence-corrected chi connectivity index (χ4v) is 4.38. The highest BCUT2D eigenvalue weighted by atomic mass is 32.2. The van der Waals surface area contributed by atoms with E-state index in [0.717, 1.165) is 4.31 Å². The van der Waals surface area contributed by atoms with Gasteiger partial charge < -0.3 is 5.32 Å². The molecule has 1 aliphatic rings. The second kappa shape index (κ2) is 7.65. The molecule has 0 saturated carbocycles. The van der Waals surface area contributed by atoms with E-state index in [1.54, 1.807) is 12.1 Å². The molecule has 0 aliphatic carbocycles. The number of sulfonamides is 1. The van der Waals surface area contributed by atoms with E-state index in [1.165, 1.54) is 12.4 Å². The lowest BCUT2D eigenvalue weighted by Crippen LogP contribution is -2.41. The molecular formula is C17H16F3N3O3S. The van der Waals surface area contributed by atoms with E-state index in [4.69, 9.17) is 0 Å². The minimum atomic E-state index is -4.50. The van der Waals surface area contributed by atoms with Crippen LogP contribution < -0.4 is 5.32 Å². The summed E-state index contributed by atoms with van der Waals surface area (Å²) in [5.41, 5.74) is 0.522. The fraction of sp³-hybridized carbons (Fsp3) is 0.294. The third-order valence-corrected chi connectivity index (χ3v) is 6.04. The molecule has 1 N–H and O–H groups in total. The number of halogens is 3. The summed E-state index contributed by atoms with van der Waals surface area (Å²) in [5, 5.41) is 2.64. The number of benzene rings is 1. The largest absolute Gasteiger partial charge is 0.352 e. The lowest BCUT2D eigenvalue weighted by atomic mass is 10.2. The van der Waals surface area contributed by atoms with Crippen LogP contribution in [0, 0.1) is 17.5 Å². The second-order valence-corrected chi connectivity index (χ2v) is 8.04. The number of carbonyl (C=O) groups is 1. The Morgan fingerprint density at radius 1 is 1.19 bits per heavy atom. The van der Waals surface area contributed by atoms with Crippen LogP contribution in [0.2, 0.25) is 0 Å². The SMILES string of the molecule is O=C1CC[C@@H](CN(Cc2cccnc2)S(=O)(=O)c2ccc(F)c(F)c2F)N1. The number of carbonyl (C=O) groups excluding carboxylic acids is 1. The van der Waals surface area contributed by atoms with Crippen LogP contribution in [0.25, 0.3) is 0 Å². The molecule has 0 unspecified atom stereocenters. The summed E-state index contributed by atoms with van der Waals surface area (Å²) in [6.07, 6.45) is 3.62. The molecular weight excluding hydrogens is 383 g/mol. The molecule has 2 heterocycles. The van der Waals surface area contributed by atoms with Crippen LogP contribution in [0.4, 0.5) is 13.2 Å². The summed E-state index contributed by atoms with van der Waals surface area (Å²) >= 11 is 0. The Bertz CT molecular complexity index is 955. The summed E-state index contributed by atoms with van der Waals surface area (Å²) in [5.74, 6) is -5.32. The molecule has 3 rings (SSSR count). The van der Waals surface area contributed by atoms with Crippen LogP contribution in [0.3, 0.4) is 0 Å². The van der Waals surface area contributed by atoms with Gasteiger partial charge in [-0.05, 0) is 30.2 Å². The Kier molecular flexibility index (Phi) is 5.47. The third kappa shape index (κ3) is 4.11. The molecule has 0 bridgehead atoms. The highest BCUT2D eigenvalue weighted by Gasteiger charge is 2.33. The lowest BCUT2D eigenvalue weighted by molar-refractivity contribution is -0.119. The van der Waals surface area contributed by atoms with Crippen LogP contribution in [0.1, 0.15) is 18.4 Å². The van der Waals surface area contributed by atoms with E-state index in [1.807, 2.05) is 0 Å². The van der Waals surface area contributed by atoms with Crippen molar-refractivity contribution in [3.63, 3.8) is 0 Å². The first kappa shape index (κ1) is 19.3. The molecule has 6 nitrogen and oxygen atoms in total. The van der Waals surface area contributed by atoms with E-state index in [9.17, 15) is 26.4 Å². The Morgan fingerprint density at radius 2 is 1.96 bits per heavy atom. The quantitative estimate of drug-likeness (QED) is 0.754. The van der Waals surface area contributed by atoms with Crippen LogP contribution in [-0.2, 0) is 21.4 Å². The smallest absolute Gasteiger partial charge is 0.246 e. The average molecular weight is 399 g/mol. The van der Waals surface area contributed by atoms with E-state index in [0.29, 0.717) is 24.1 Å². The highest BCUT2D eigenvalue weighted by Crippen LogP contribution is 2.25. The average Bonchev–Trinajstić information content (AvgIpc) is 3.05. The summed E-state index contributed by atoms with van der Waals surface area (Å²) < 4.78 is 67.7. The van der Waals surface area contributed by atoms with Gasteiger partial charge in [-0.25, -0.2) is 21.6 Å². The Labute approximate surface area is 154 Å². The standard InChI is InChI=1S/C17H16F3N3O3S/c18-13-4-5-14(17(20)16(13)19)27(25,26)23(9-11-2-1-7-21-8-11)10-12-3-6-15(24)22-12/h1-2,4-5,7-8,12H,3,6,9-10H2,(H,22,24)/t12-/m0/s1. The molecule has 1 fully saturated rings. The summed E-state index contributed by atoms with van der Waals surface area (Å²) in [6, 6.07) is 4.02. The number of rotatable bonds is 6. The summed E-state index contributed by atoms with van der Waals surface area (Å²) in [7, 11) is -4.50. The van der Waals surface area contributed by atoms with E-state index >= 15 is 0 Å². The van der Waals surface area contributed by atoms with Crippen LogP contribution in [0.5, 0.6) is 0 Å². The van der Waals surface area contributed by atoms with Gasteiger partial charge in [0.05, 0.1) is 0 Å². The number of hydrogen-bond donors (Lipinski definition) is 1. The second-order valence-electron chi connectivity index (χ2n) is 6.14. The Balaban J connectivity index is 1.97. The molecule has 2 aromatic rings. The minimum absolute atomic E-state index is 0.137. The van der Waals surface area contributed by atoms with Crippen LogP contribution in [-0.4, -0.2) is 36.2 Å². The van der Waals surface area contributed by atoms with E-state index in [-0.39, 0.29) is 25.4 Å². The number of aromatic nitrogens is 1. The number of pyridine rings is 1. The molecule has 1 atom stereocenters. The topological polar surface area (TPSA) is 79.4 Å². The number of amides is 1. The normalized spacial score (nSPS) is 17.3. The van der Waals surface area contributed by atoms with Crippen molar-refractivity contribution in [2.24, 2.45) is 0 Å². The van der Waals surface area contributed by atoms with Gasteiger partial charge in [0.15, 0.2) is 17.5 Å². The zero-order chi connectivity index (χ0) is 19.6. The van der Waals surface area contributed by atoms with Gasteiger partial charge in [0.1, 0.15) is 4.90 Å². The Hall–Kier alpha value is -2.46. The molecule has 10 heteroatoms. The third-order valence-electron chi connectivity index (χ3n) is 4.21. The summed E-state index contributed by atoms with van der Waals surface area (Å²) in [6.45, 7) is -0.303. The van der Waals surface area contributed by atoms with Gasteiger partial charge in [-0.1, -0.05) is 6.07 Å². The molecule has 1 aromatic carbocycles. The van der Waals surface area contributed by atoms with Crippen LogP contribution in [0.15, 0.2) is 41.6 Å². The van der Waals surface area contributed by atoms with Gasteiger partial charge in [-0.2, -0.15) is 4.31 Å². The predicted molar refractivity (Wildman–Crippen MR) is 89.3 cm³/mol. The maximum Gasteiger partial charge on any atom is 0.246 e. The zero-order valence-electron chi connectivity index (χ0n) is 14.0. The fourth-order valence-electron chi connectivity index (χ4n) is 2.85. The van der Waals surface area contributed by atoms with Crippen molar-refractivity contribution >= 4 is 15.9 Å². The van der Waals surface area contributed by atoms with Gasteiger partial charge in [0.2, 0.25) is 15.9 Å². The predicted octanol–water partition coefficient (Wildman–Crippen LogP) is 1.97. The van der Waals surface area contributed by atoms with Gasteiger partial charge in [0.25, 0.3) is 0 Å². The van der Waals surface area contributed by atoms with Crippen molar-refractivity contribution in [3.05, 3.63) is 59.7 Å².